The van der Waals surface area contributed by atoms with Crippen molar-refractivity contribution in [1.29, 1.82) is 0 Å². The maximum absolute atomic E-state index is 12.9. The molecule has 1 fully saturated rings. The molecular weight excluding hydrogens is 384 g/mol. The molecule has 2 heterocycles. The molecule has 0 radical (unpaired) electrons. The van der Waals surface area contributed by atoms with Gasteiger partial charge in [0.05, 0.1) is 11.1 Å². The highest BCUT2D eigenvalue weighted by atomic mass is 16.2. The third kappa shape index (κ3) is 3.57. The predicted molar refractivity (Wildman–Crippen MR) is 110 cm³/mol. The lowest BCUT2D eigenvalue weighted by Gasteiger charge is -2.27. The van der Waals surface area contributed by atoms with Crippen LogP contribution in [0.25, 0.3) is 0 Å². The smallest absolute Gasteiger partial charge is 0.262 e. The van der Waals surface area contributed by atoms with Gasteiger partial charge in [-0.2, -0.15) is 0 Å². The van der Waals surface area contributed by atoms with Crippen molar-refractivity contribution in [3.05, 3.63) is 65.2 Å². The molecule has 0 aromatic heterocycles. The number of amides is 4. The van der Waals surface area contributed by atoms with Gasteiger partial charge in [-0.1, -0.05) is 30.3 Å². The number of hydrogen-bond donors (Lipinski definition) is 3. The number of piperidine rings is 1. The van der Waals surface area contributed by atoms with Gasteiger partial charge in [0.1, 0.15) is 6.04 Å². The maximum Gasteiger partial charge on any atom is 0.262 e. The van der Waals surface area contributed by atoms with E-state index >= 15 is 0 Å². The molecule has 2 aromatic rings. The normalized spacial score (nSPS) is 19.5. The van der Waals surface area contributed by atoms with Gasteiger partial charge in [-0.05, 0) is 30.2 Å². The highest BCUT2D eigenvalue weighted by molar-refractivity contribution is 6.23. The Morgan fingerprint density at radius 3 is 2.47 bits per heavy atom. The third-order valence-electron chi connectivity index (χ3n) is 5.55. The van der Waals surface area contributed by atoms with E-state index in [1.807, 2.05) is 30.3 Å². The van der Waals surface area contributed by atoms with Crippen LogP contribution in [-0.4, -0.2) is 47.7 Å². The van der Waals surface area contributed by atoms with E-state index in [0.717, 1.165) is 10.5 Å². The van der Waals surface area contributed by atoms with Gasteiger partial charge in [0.2, 0.25) is 11.8 Å². The van der Waals surface area contributed by atoms with Crippen LogP contribution in [0.5, 0.6) is 0 Å². The summed E-state index contributed by atoms with van der Waals surface area (Å²) in [5.41, 5.74) is 8.23. The minimum atomic E-state index is -0.966. The van der Waals surface area contributed by atoms with Crippen LogP contribution >= 0.6 is 0 Å². The number of carbonyl (C=O) groups is 4. The second kappa shape index (κ2) is 8.08. The standard InChI is InChI=1S/C22H22N4O4/c23-11-14(13-4-2-1-3-5-13)12-24-15-6-7-16-17(10-15)22(30)26(21(16)29)18-8-9-19(27)25-20(18)28/h1-7,10,14,18,24H,8-9,11-12,23H2,(H,25,27,28). The van der Waals surface area contributed by atoms with Gasteiger partial charge in [0, 0.05) is 31.1 Å². The first-order valence-electron chi connectivity index (χ1n) is 9.84. The molecule has 0 bridgehead atoms. The summed E-state index contributed by atoms with van der Waals surface area (Å²) < 4.78 is 0. The molecule has 1 saturated heterocycles. The van der Waals surface area contributed by atoms with Crippen molar-refractivity contribution in [2.75, 3.05) is 18.4 Å². The molecule has 30 heavy (non-hydrogen) atoms. The van der Waals surface area contributed by atoms with Crippen molar-refractivity contribution in [2.45, 2.75) is 24.8 Å². The van der Waals surface area contributed by atoms with E-state index in [9.17, 15) is 19.2 Å². The summed E-state index contributed by atoms with van der Waals surface area (Å²) >= 11 is 0. The van der Waals surface area contributed by atoms with Crippen molar-refractivity contribution in [3.8, 4) is 0 Å². The molecular formula is C22H22N4O4. The zero-order valence-electron chi connectivity index (χ0n) is 16.3. The first-order valence-corrected chi connectivity index (χ1v) is 9.84. The molecule has 0 saturated carbocycles. The van der Waals surface area contributed by atoms with Crippen LogP contribution in [0.15, 0.2) is 48.5 Å². The highest BCUT2D eigenvalue weighted by Gasteiger charge is 2.44. The number of carbonyl (C=O) groups excluding carboxylic acids is 4. The number of anilines is 1. The number of nitrogens with one attached hydrogen (secondary N) is 2. The Bertz CT molecular complexity index is 1020. The van der Waals surface area contributed by atoms with Gasteiger partial charge in [-0.3, -0.25) is 29.4 Å². The zero-order valence-corrected chi connectivity index (χ0v) is 16.3. The highest BCUT2D eigenvalue weighted by Crippen LogP contribution is 2.29. The summed E-state index contributed by atoms with van der Waals surface area (Å²) in [6.45, 7) is 1.03. The van der Waals surface area contributed by atoms with Crippen LogP contribution in [0.1, 0.15) is 45.0 Å². The number of rotatable bonds is 6. The van der Waals surface area contributed by atoms with E-state index in [0.29, 0.717) is 18.8 Å². The summed E-state index contributed by atoms with van der Waals surface area (Å²) in [6, 6.07) is 13.9. The molecule has 2 atom stereocenters. The zero-order chi connectivity index (χ0) is 21.3. The van der Waals surface area contributed by atoms with E-state index in [1.165, 1.54) is 0 Å². The Hall–Kier alpha value is -3.52. The minimum absolute atomic E-state index is 0.0938. The molecule has 4 amide bonds. The fourth-order valence-electron chi connectivity index (χ4n) is 3.88. The number of nitrogens with two attached hydrogens (primary N) is 1. The van der Waals surface area contributed by atoms with Crippen LogP contribution in [0.3, 0.4) is 0 Å². The van der Waals surface area contributed by atoms with Crippen molar-refractivity contribution in [1.82, 2.24) is 10.2 Å². The number of fused-ring (bicyclic) bond motifs is 1. The quantitative estimate of drug-likeness (QED) is 0.621. The van der Waals surface area contributed by atoms with Gasteiger partial charge in [-0.15, -0.1) is 0 Å². The first kappa shape index (κ1) is 19.8. The number of hydrogen-bond acceptors (Lipinski definition) is 6. The molecule has 8 heteroatoms. The van der Waals surface area contributed by atoms with Crippen molar-refractivity contribution < 1.29 is 19.2 Å². The molecule has 2 aromatic carbocycles. The van der Waals surface area contributed by atoms with Crippen molar-refractivity contribution in [3.63, 3.8) is 0 Å². The second-order valence-corrected chi connectivity index (χ2v) is 7.43. The average molecular weight is 406 g/mol. The second-order valence-electron chi connectivity index (χ2n) is 7.43. The number of nitrogens with zero attached hydrogens (tertiary/aromatic N) is 1. The van der Waals surface area contributed by atoms with Gasteiger partial charge >= 0.3 is 0 Å². The SMILES string of the molecule is NCC(CNc1ccc2c(c1)C(=O)N(C1CCC(=O)NC1=O)C2=O)c1ccccc1. The van der Waals surface area contributed by atoms with Gasteiger partial charge in [0.15, 0.2) is 0 Å². The van der Waals surface area contributed by atoms with Crippen LogP contribution in [0.4, 0.5) is 5.69 Å². The molecule has 2 unspecified atom stereocenters. The first-order chi connectivity index (χ1) is 14.5. The minimum Gasteiger partial charge on any atom is -0.384 e. The summed E-state index contributed by atoms with van der Waals surface area (Å²) in [6.07, 6.45) is 0.229. The van der Waals surface area contributed by atoms with E-state index in [-0.39, 0.29) is 29.9 Å². The monoisotopic (exact) mass is 406 g/mol. The number of imide groups is 2. The Labute approximate surface area is 173 Å². The Morgan fingerprint density at radius 2 is 1.77 bits per heavy atom. The Balaban J connectivity index is 1.50. The third-order valence-corrected chi connectivity index (χ3v) is 5.55. The largest absolute Gasteiger partial charge is 0.384 e. The van der Waals surface area contributed by atoms with E-state index < -0.39 is 29.7 Å². The topological polar surface area (TPSA) is 122 Å². The average Bonchev–Trinajstić information content (AvgIpc) is 2.99. The van der Waals surface area contributed by atoms with Crippen LogP contribution in [0, 0.1) is 0 Å². The van der Waals surface area contributed by atoms with E-state index in [4.69, 9.17) is 5.73 Å². The van der Waals surface area contributed by atoms with E-state index in [1.54, 1.807) is 18.2 Å². The molecule has 0 spiro atoms. The summed E-state index contributed by atoms with van der Waals surface area (Å²) in [4.78, 5) is 50.1. The summed E-state index contributed by atoms with van der Waals surface area (Å²) in [7, 11) is 0. The lowest BCUT2D eigenvalue weighted by molar-refractivity contribution is -0.136. The van der Waals surface area contributed by atoms with Gasteiger partial charge < -0.3 is 11.1 Å². The predicted octanol–water partition coefficient (Wildman–Crippen LogP) is 1.24. The number of benzene rings is 2. The maximum atomic E-state index is 12.9. The molecule has 2 aliphatic heterocycles. The lowest BCUT2D eigenvalue weighted by atomic mass is 9.99. The Kier molecular flexibility index (Phi) is 5.33. The molecule has 4 N–H and O–H groups in total. The molecule has 154 valence electrons. The molecule has 4 rings (SSSR count). The van der Waals surface area contributed by atoms with Gasteiger partial charge in [0.25, 0.3) is 11.8 Å². The summed E-state index contributed by atoms with van der Waals surface area (Å²) in [5.74, 6) is -1.96. The van der Waals surface area contributed by atoms with Crippen LogP contribution < -0.4 is 16.4 Å². The fraction of sp³-hybridized carbons (Fsp3) is 0.273. The van der Waals surface area contributed by atoms with Gasteiger partial charge in [-0.25, -0.2) is 0 Å². The van der Waals surface area contributed by atoms with Crippen molar-refractivity contribution in [2.24, 2.45) is 5.73 Å². The summed E-state index contributed by atoms with van der Waals surface area (Å²) in [5, 5.41) is 5.47. The van der Waals surface area contributed by atoms with Crippen molar-refractivity contribution >= 4 is 29.3 Å². The lowest BCUT2D eigenvalue weighted by Crippen LogP contribution is -2.54. The van der Waals surface area contributed by atoms with Crippen LogP contribution in [0.2, 0.25) is 0 Å². The Morgan fingerprint density at radius 1 is 1.03 bits per heavy atom. The molecule has 8 nitrogen and oxygen atoms in total. The molecule has 0 aliphatic carbocycles. The molecule has 2 aliphatic rings. The fourth-order valence-corrected chi connectivity index (χ4v) is 3.88. The van der Waals surface area contributed by atoms with E-state index in [2.05, 4.69) is 10.6 Å². The van der Waals surface area contributed by atoms with Crippen LogP contribution in [-0.2, 0) is 9.59 Å².